The summed E-state index contributed by atoms with van der Waals surface area (Å²) in [6, 6.07) is 1.62. The molecule has 0 spiro atoms. The van der Waals surface area contributed by atoms with Crippen molar-refractivity contribution in [1.82, 2.24) is 9.88 Å². The van der Waals surface area contributed by atoms with E-state index < -0.39 is 11.5 Å². The minimum atomic E-state index is -1.26. The van der Waals surface area contributed by atoms with Crippen LogP contribution in [-0.4, -0.2) is 39.0 Å². The maximum Gasteiger partial charge on any atom is 0.329 e. The number of pyridine rings is 1. The maximum absolute atomic E-state index is 12.3. The van der Waals surface area contributed by atoms with Crippen LogP contribution >= 0.6 is 15.9 Å². The van der Waals surface area contributed by atoms with Gasteiger partial charge >= 0.3 is 5.97 Å². The third kappa shape index (κ3) is 2.87. The van der Waals surface area contributed by atoms with Gasteiger partial charge in [0.05, 0.1) is 5.56 Å². The summed E-state index contributed by atoms with van der Waals surface area (Å²) in [7, 11) is 0. The Morgan fingerprint density at radius 3 is 2.50 bits per heavy atom. The number of amides is 1. The lowest BCUT2D eigenvalue weighted by Crippen LogP contribution is -2.52. The molecular formula is C12H15BrN2O3. The average Bonchev–Trinajstić information content (AvgIpc) is 2.29. The number of nitrogens with zero attached hydrogens (tertiary/aromatic N) is 2. The quantitative estimate of drug-likeness (QED) is 0.924. The fourth-order valence-corrected chi connectivity index (χ4v) is 1.96. The van der Waals surface area contributed by atoms with Crippen molar-refractivity contribution in [2.24, 2.45) is 0 Å². The second-order valence-corrected chi connectivity index (χ2v) is 5.22. The molecule has 0 saturated carbocycles. The van der Waals surface area contributed by atoms with Crippen LogP contribution in [0.15, 0.2) is 22.9 Å². The van der Waals surface area contributed by atoms with E-state index in [0.717, 1.165) is 0 Å². The van der Waals surface area contributed by atoms with Gasteiger partial charge in [0, 0.05) is 23.4 Å². The van der Waals surface area contributed by atoms with Crippen LogP contribution in [0.25, 0.3) is 0 Å². The molecule has 0 radical (unpaired) electrons. The zero-order chi connectivity index (χ0) is 13.9. The first-order valence-electron chi connectivity index (χ1n) is 5.46. The van der Waals surface area contributed by atoms with E-state index in [9.17, 15) is 14.7 Å². The number of halogens is 1. The third-order valence-electron chi connectivity index (χ3n) is 2.71. The predicted molar refractivity (Wildman–Crippen MR) is 70.4 cm³/mol. The first kappa shape index (κ1) is 14.6. The fraction of sp³-hybridized carbons (Fsp3) is 0.417. The highest BCUT2D eigenvalue weighted by atomic mass is 79.9. The largest absolute Gasteiger partial charge is 0.480 e. The standard InChI is InChI=1S/C12H15BrN2O3/c1-4-15(12(2,3)11(17)18)10(16)8-5-9(13)7-14-6-8/h5-7H,4H2,1-3H3,(H,17,18). The minimum absolute atomic E-state index is 0.310. The molecule has 0 aliphatic heterocycles. The Hall–Kier alpha value is -1.43. The highest BCUT2D eigenvalue weighted by Gasteiger charge is 2.37. The van der Waals surface area contributed by atoms with E-state index in [1.54, 1.807) is 19.2 Å². The number of carbonyl (C=O) groups excluding carboxylic acids is 1. The van der Waals surface area contributed by atoms with Crippen LogP contribution in [0.4, 0.5) is 0 Å². The van der Waals surface area contributed by atoms with Crippen LogP contribution in [0.5, 0.6) is 0 Å². The number of hydrogen-bond donors (Lipinski definition) is 1. The number of hydrogen-bond acceptors (Lipinski definition) is 3. The molecule has 1 aromatic heterocycles. The Kier molecular flexibility index (Phi) is 4.45. The molecule has 6 heteroatoms. The number of aromatic nitrogens is 1. The molecule has 0 aliphatic rings. The van der Waals surface area contributed by atoms with Crippen molar-refractivity contribution in [2.75, 3.05) is 6.54 Å². The van der Waals surface area contributed by atoms with Gasteiger partial charge in [-0.3, -0.25) is 9.78 Å². The zero-order valence-electron chi connectivity index (χ0n) is 10.5. The second kappa shape index (κ2) is 5.48. The summed E-state index contributed by atoms with van der Waals surface area (Å²) in [5.74, 6) is -1.39. The Bertz CT molecular complexity index is 474. The van der Waals surface area contributed by atoms with Gasteiger partial charge in [0.1, 0.15) is 5.54 Å². The SMILES string of the molecule is CCN(C(=O)c1cncc(Br)c1)C(C)(C)C(=O)O. The number of carbonyl (C=O) groups is 2. The van der Waals surface area contributed by atoms with Crippen molar-refractivity contribution in [1.29, 1.82) is 0 Å². The normalized spacial score (nSPS) is 11.1. The van der Waals surface area contributed by atoms with E-state index in [-0.39, 0.29) is 5.91 Å². The van der Waals surface area contributed by atoms with Crippen LogP contribution in [0, 0.1) is 0 Å². The maximum atomic E-state index is 12.3. The van der Waals surface area contributed by atoms with E-state index in [2.05, 4.69) is 20.9 Å². The first-order chi connectivity index (χ1) is 8.30. The Morgan fingerprint density at radius 1 is 1.44 bits per heavy atom. The lowest BCUT2D eigenvalue weighted by Gasteiger charge is -2.34. The first-order valence-corrected chi connectivity index (χ1v) is 6.26. The summed E-state index contributed by atoms with van der Waals surface area (Å²) >= 11 is 3.23. The molecule has 0 unspecified atom stereocenters. The van der Waals surface area contributed by atoms with Gasteiger partial charge in [-0.05, 0) is 42.8 Å². The van der Waals surface area contributed by atoms with Crippen LogP contribution in [0.2, 0.25) is 0 Å². The van der Waals surface area contributed by atoms with Gasteiger partial charge in [0.2, 0.25) is 0 Å². The molecule has 0 aromatic carbocycles. The topological polar surface area (TPSA) is 70.5 Å². The molecule has 0 fully saturated rings. The number of carboxylic acid groups (broad SMARTS) is 1. The van der Waals surface area contributed by atoms with Crippen molar-refractivity contribution < 1.29 is 14.7 Å². The van der Waals surface area contributed by atoms with Gasteiger partial charge < -0.3 is 10.0 Å². The highest BCUT2D eigenvalue weighted by molar-refractivity contribution is 9.10. The summed E-state index contributed by atoms with van der Waals surface area (Å²) in [4.78, 5) is 28.7. The van der Waals surface area contributed by atoms with E-state index in [1.165, 1.54) is 24.9 Å². The van der Waals surface area contributed by atoms with E-state index in [1.807, 2.05) is 0 Å². The molecule has 0 saturated heterocycles. The number of aliphatic carboxylic acids is 1. The highest BCUT2D eigenvalue weighted by Crippen LogP contribution is 2.19. The molecule has 0 aliphatic carbocycles. The van der Waals surface area contributed by atoms with Gasteiger partial charge in [0.25, 0.3) is 5.91 Å². The molecule has 1 N–H and O–H groups in total. The summed E-state index contributed by atoms with van der Waals surface area (Å²) < 4.78 is 0.678. The summed E-state index contributed by atoms with van der Waals surface area (Å²) in [5.41, 5.74) is -0.894. The number of carboxylic acids is 1. The monoisotopic (exact) mass is 314 g/mol. The molecule has 1 aromatic rings. The van der Waals surface area contributed by atoms with E-state index in [4.69, 9.17) is 0 Å². The fourth-order valence-electron chi connectivity index (χ4n) is 1.59. The van der Waals surface area contributed by atoms with Gasteiger partial charge in [-0.1, -0.05) is 0 Å². The molecule has 1 heterocycles. The van der Waals surface area contributed by atoms with Gasteiger partial charge in [-0.25, -0.2) is 4.79 Å². The zero-order valence-corrected chi connectivity index (χ0v) is 12.1. The van der Waals surface area contributed by atoms with Crippen LogP contribution in [0.3, 0.4) is 0 Å². The van der Waals surface area contributed by atoms with Crippen molar-refractivity contribution >= 4 is 27.8 Å². The Labute approximate surface area is 114 Å². The van der Waals surface area contributed by atoms with E-state index >= 15 is 0 Å². The number of likely N-dealkylation sites (N-methyl/N-ethyl adjacent to an activating group) is 1. The third-order valence-corrected chi connectivity index (χ3v) is 3.15. The van der Waals surface area contributed by atoms with E-state index in [0.29, 0.717) is 16.6 Å². The molecule has 5 nitrogen and oxygen atoms in total. The van der Waals surface area contributed by atoms with Crippen molar-refractivity contribution in [3.63, 3.8) is 0 Å². The summed E-state index contributed by atoms with van der Waals surface area (Å²) in [6.45, 7) is 5.06. The molecule has 0 atom stereocenters. The molecule has 1 amide bonds. The van der Waals surface area contributed by atoms with Crippen molar-refractivity contribution in [3.8, 4) is 0 Å². The van der Waals surface area contributed by atoms with Crippen molar-refractivity contribution in [2.45, 2.75) is 26.3 Å². The van der Waals surface area contributed by atoms with Crippen LogP contribution < -0.4 is 0 Å². The smallest absolute Gasteiger partial charge is 0.329 e. The number of rotatable bonds is 4. The van der Waals surface area contributed by atoms with Crippen LogP contribution in [-0.2, 0) is 4.79 Å². The summed E-state index contributed by atoms with van der Waals surface area (Å²) in [5, 5.41) is 9.17. The Balaban J connectivity index is 3.11. The lowest BCUT2D eigenvalue weighted by atomic mass is 10.0. The molecule has 0 bridgehead atoms. The molecular weight excluding hydrogens is 300 g/mol. The molecule has 1 rings (SSSR count). The van der Waals surface area contributed by atoms with Crippen molar-refractivity contribution in [3.05, 3.63) is 28.5 Å². The lowest BCUT2D eigenvalue weighted by molar-refractivity contribution is -0.147. The average molecular weight is 315 g/mol. The molecule has 18 heavy (non-hydrogen) atoms. The van der Waals surface area contributed by atoms with Gasteiger partial charge in [0.15, 0.2) is 0 Å². The molecule has 98 valence electrons. The Morgan fingerprint density at radius 2 is 2.06 bits per heavy atom. The summed E-state index contributed by atoms with van der Waals surface area (Å²) in [6.07, 6.45) is 2.99. The van der Waals surface area contributed by atoms with Crippen LogP contribution in [0.1, 0.15) is 31.1 Å². The van der Waals surface area contributed by atoms with Gasteiger partial charge in [-0.15, -0.1) is 0 Å². The predicted octanol–water partition coefficient (Wildman–Crippen LogP) is 2.17. The minimum Gasteiger partial charge on any atom is -0.480 e. The second-order valence-electron chi connectivity index (χ2n) is 4.31. The van der Waals surface area contributed by atoms with Gasteiger partial charge in [-0.2, -0.15) is 0 Å².